The Hall–Kier alpha value is -1.09. The number of piperidine rings is 1. The molecule has 0 radical (unpaired) electrons. The van der Waals surface area contributed by atoms with E-state index in [-0.39, 0.29) is 0 Å². The van der Waals surface area contributed by atoms with Gasteiger partial charge in [0.25, 0.3) is 0 Å². The fourth-order valence-corrected chi connectivity index (χ4v) is 2.75. The lowest BCUT2D eigenvalue weighted by atomic mass is 9.91. The molecule has 1 aromatic heterocycles. The summed E-state index contributed by atoms with van der Waals surface area (Å²) in [5.74, 6) is 0.0543. The van der Waals surface area contributed by atoms with Gasteiger partial charge in [0.05, 0.1) is 6.54 Å². The molecule has 106 valence electrons. The normalized spacial score (nSPS) is 19.5. The van der Waals surface area contributed by atoms with E-state index in [4.69, 9.17) is 10.5 Å². The van der Waals surface area contributed by atoms with Crippen LogP contribution < -0.4 is 5.73 Å². The maximum atomic E-state index is 11.1. The molecule has 2 heterocycles. The zero-order chi connectivity index (χ0) is 13.9. The van der Waals surface area contributed by atoms with Crippen molar-refractivity contribution in [2.24, 2.45) is 5.73 Å². The van der Waals surface area contributed by atoms with Crippen LogP contribution in [0.5, 0.6) is 0 Å². The van der Waals surface area contributed by atoms with Crippen LogP contribution in [-0.4, -0.2) is 51.1 Å². The molecule has 1 aliphatic heterocycles. The van der Waals surface area contributed by atoms with Crippen LogP contribution in [-0.2, 0) is 22.7 Å². The van der Waals surface area contributed by atoms with Gasteiger partial charge in [-0.2, -0.15) is 4.37 Å². The Morgan fingerprint density at radius 3 is 2.84 bits per heavy atom. The number of hydrogen-bond acceptors (Lipinski definition) is 7. The number of nitrogens with two attached hydrogens (primary N) is 1. The van der Waals surface area contributed by atoms with Crippen molar-refractivity contribution in [2.45, 2.75) is 31.6 Å². The zero-order valence-corrected chi connectivity index (χ0v) is 11.7. The maximum Gasteiger partial charge on any atom is 0.249 e. The van der Waals surface area contributed by atoms with Crippen molar-refractivity contribution >= 4 is 17.4 Å². The van der Waals surface area contributed by atoms with Crippen molar-refractivity contribution < 1.29 is 14.6 Å². The SMILES string of the molecule is COCc1nsc(CN2CCC(O)(C(N)=O)CC2)n1. The van der Waals surface area contributed by atoms with Gasteiger partial charge in [0, 0.05) is 20.2 Å². The zero-order valence-electron chi connectivity index (χ0n) is 10.8. The molecule has 0 bridgehead atoms. The van der Waals surface area contributed by atoms with E-state index >= 15 is 0 Å². The lowest BCUT2D eigenvalue weighted by Crippen LogP contribution is -2.51. The van der Waals surface area contributed by atoms with Gasteiger partial charge >= 0.3 is 0 Å². The van der Waals surface area contributed by atoms with Crippen molar-refractivity contribution in [2.75, 3.05) is 20.2 Å². The number of rotatable bonds is 5. The maximum absolute atomic E-state index is 11.1. The number of hydrogen-bond donors (Lipinski definition) is 2. The summed E-state index contributed by atoms with van der Waals surface area (Å²) in [7, 11) is 1.61. The van der Waals surface area contributed by atoms with Gasteiger partial charge in [-0.1, -0.05) is 0 Å². The van der Waals surface area contributed by atoms with Gasteiger partial charge in [-0.15, -0.1) is 0 Å². The second-order valence-corrected chi connectivity index (χ2v) is 5.55. The molecule has 0 aliphatic carbocycles. The standard InChI is InChI=1S/C11H18N4O3S/c1-18-7-8-13-9(19-14-8)6-15-4-2-11(17,3-5-15)10(12)16/h17H,2-7H2,1H3,(H2,12,16). The largest absolute Gasteiger partial charge is 0.380 e. The molecule has 8 heteroatoms. The third-order valence-electron chi connectivity index (χ3n) is 3.28. The summed E-state index contributed by atoms with van der Waals surface area (Å²) in [5, 5.41) is 10.9. The highest BCUT2D eigenvalue weighted by molar-refractivity contribution is 7.05. The fraction of sp³-hybridized carbons (Fsp3) is 0.727. The minimum Gasteiger partial charge on any atom is -0.380 e. The topological polar surface area (TPSA) is 102 Å². The predicted molar refractivity (Wildman–Crippen MR) is 69.3 cm³/mol. The molecule has 0 atom stereocenters. The Morgan fingerprint density at radius 2 is 2.26 bits per heavy atom. The smallest absolute Gasteiger partial charge is 0.249 e. The average molecular weight is 286 g/mol. The van der Waals surface area contributed by atoms with Crippen molar-refractivity contribution in [3.63, 3.8) is 0 Å². The number of carbonyl (C=O) groups excluding carboxylic acids is 1. The van der Waals surface area contributed by atoms with Crippen molar-refractivity contribution in [3.8, 4) is 0 Å². The summed E-state index contributed by atoms with van der Waals surface area (Å²) in [6.45, 7) is 2.34. The van der Waals surface area contributed by atoms with Gasteiger partial charge in [0.2, 0.25) is 5.91 Å². The van der Waals surface area contributed by atoms with E-state index in [1.807, 2.05) is 0 Å². The number of aliphatic hydroxyl groups is 1. The monoisotopic (exact) mass is 286 g/mol. The second-order valence-electron chi connectivity index (χ2n) is 4.71. The third-order valence-corrected chi connectivity index (χ3v) is 4.02. The highest BCUT2D eigenvalue weighted by Crippen LogP contribution is 2.23. The quantitative estimate of drug-likeness (QED) is 0.756. The number of aromatic nitrogens is 2. The molecule has 3 N–H and O–H groups in total. The van der Waals surface area contributed by atoms with Crippen LogP contribution in [0.2, 0.25) is 0 Å². The van der Waals surface area contributed by atoms with Gasteiger partial charge < -0.3 is 15.6 Å². The van der Waals surface area contributed by atoms with Crippen LogP contribution in [0.3, 0.4) is 0 Å². The number of methoxy groups -OCH3 is 1. The molecule has 0 aromatic carbocycles. The molecule has 1 aromatic rings. The molecular weight excluding hydrogens is 268 g/mol. The van der Waals surface area contributed by atoms with Crippen LogP contribution in [0.25, 0.3) is 0 Å². The first-order valence-corrected chi connectivity index (χ1v) is 6.86. The lowest BCUT2D eigenvalue weighted by Gasteiger charge is -2.35. The second kappa shape index (κ2) is 5.91. The molecule has 0 unspecified atom stereocenters. The highest BCUT2D eigenvalue weighted by atomic mass is 32.1. The van der Waals surface area contributed by atoms with Gasteiger partial charge in [-0.05, 0) is 24.4 Å². The van der Waals surface area contributed by atoms with Gasteiger partial charge in [0.1, 0.15) is 17.2 Å². The van der Waals surface area contributed by atoms with E-state index in [0.29, 0.717) is 44.9 Å². The summed E-state index contributed by atoms with van der Waals surface area (Å²) >= 11 is 1.35. The van der Waals surface area contributed by atoms with Crippen LogP contribution in [0, 0.1) is 0 Å². The fourth-order valence-electron chi connectivity index (χ4n) is 2.06. The number of ether oxygens (including phenoxy) is 1. The number of likely N-dealkylation sites (tertiary alicyclic amines) is 1. The molecule has 0 spiro atoms. The Morgan fingerprint density at radius 1 is 1.58 bits per heavy atom. The molecule has 1 amide bonds. The van der Waals surface area contributed by atoms with Crippen molar-refractivity contribution in [3.05, 3.63) is 10.8 Å². The molecule has 2 rings (SSSR count). The molecular formula is C11H18N4O3S. The van der Waals surface area contributed by atoms with E-state index in [1.165, 1.54) is 11.5 Å². The Kier molecular flexibility index (Phi) is 4.46. The van der Waals surface area contributed by atoms with E-state index < -0.39 is 11.5 Å². The van der Waals surface area contributed by atoms with Crippen LogP contribution in [0.4, 0.5) is 0 Å². The molecule has 7 nitrogen and oxygen atoms in total. The van der Waals surface area contributed by atoms with Crippen molar-refractivity contribution in [1.29, 1.82) is 0 Å². The molecule has 1 saturated heterocycles. The van der Waals surface area contributed by atoms with E-state index in [1.54, 1.807) is 7.11 Å². The van der Waals surface area contributed by atoms with Crippen LogP contribution in [0.1, 0.15) is 23.7 Å². The number of primary amides is 1. The van der Waals surface area contributed by atoms with Crippen LogP contribution in [0.15, 0.2) is 0 Å². The van der Waals surface area contributed by atoms with Gasteiger partial charge in [-0.25, -0.2) is 4.98 Å². The Labute approximate surface area is 115 Å². The lowest BCUT2D eigenvalue weighted by molar-refractivity contribution is -0.141. The van der Waals surface area contributed by atoms with Gasteiger partial charge in [-0.3, -0.25) is 9.69 Å². The van der Waals surface area contributed by atoms with E-state index in [2.05, 4.69) is 14.3 Å². The molecule has 1 fully saturated rings. The first-order chi connectivity index (χ1) is 9.03. The Balaban J connectivity index is 1.86. The predicted octanol–water partition coefficient (Wildman–Crippen LogP) is -0.503. The minimum atomic E-state index is -1.35. The summed E-state index contributed by atoms with van der Waals surface area (Å²) in [6.07, 6.45) is 0.734. The summed E-state index contributed by atoms with van der Waals surface area (Å²) in [4.78, 5) is 17.6. The minimum absolute atomic E-state index is 0.367. The van der Waals surface area contributed by atoms with Crippen LogP contribution >= 0.6 is 11.5 Å². The third kappa shape index (κ3) is 3.47. The molecule has 0 saturated carbocycles. The summed E-state index contributed by atoms with van der Waals surface area (Å²) < 4.78 is 9.15. The van der Waals surface area contributed by atoms with E-state index in [0.717, 1.165) is 5.01 Å². The first kappa shape index (κ1) is 14.3. The molecule has 19 heavy (non-hydrogen) atoms. The summed E-state index contributed by atoms with van der Waals surface area (Å²) in [5.41, 5.74) is 3.85. The number of nitrogens with zero attached hydrogens (tertiary/aromatic N) is 3. The van der Waals surface area contributed by atoms with Gasteiger partial charge in [0.15, 0.2) is 5.82 Å². The van der Waals surface area contributed by atoms with E-state index in [9.17, 15) is 9.90 Å². The van der Waals surface area contributed by atoms with Crippen molar-refractivity contribution in [1.82, 2.24) is 14.3 Å². The summed E-state index contributed by atoms with van der Waals surface area (Å²) in [6, 6.07) is 0. The first-order valence-electron chi connectivity index (χ1n) is 6.08. The Bertz CT molecular complexity index is 443. The number of carbonyl (C=O) groups is 1. The molecule has 1 aliphatic rings. The highest BCUT2D eigenvalue weighted by Gasteiger charge is 2.37. The number of amides is 1. The average Bonchev–Trinajstić information content (AvgIpc) is 2.80.